The average Bonchev–Trinajstić information content (AvgIpc) is 2.41. The first-order valence-corrected chi connectivity index (χ1v) is 7.73. The summed E-state index contributed by atoms with van der Waals surface area (Å²) in [5.74, 6) is 0.483. The first-order valence-electron chi connectivity index (χ1n) is 6.51. The molecule has 0 amide bonds. The van der Waals surface area contributed by atoms with Crippen LogP contribution in [0.15, 0.2) is 17.0 Å². The van der Waals surface area contributed by atoms with E-state index >= 15 is 0 Å². The standard InChI is InChI=1S/C14H22N2OS/c1-11-3-4-13(18-2)12(14(11)17)5-8-16-9-6-15-7-10-16/h3-4,15,17H,5-10H2,1-2H3. The molecule has 0 radical (unpaired) electrons. The fourth-order valence-corrected chi connectivity index (χ4v) is 3.02. The fraction of sp³-hybridized carbons (Fsp3) is 0.571. The number of phenolic OH excluding ortho intramolecular Hbond substituents is 1. The van der Waals surface area contributed by atoms with Crippen LogP contribution in [0, 0.1) is 6.92 Å². The Morgan fingerprint density at radius 3 is 2.72 bits per heavy atom. The maximum atomic E-state index is 10.2. The third-order valence-corrected chi connectivity index (χ3v) is 4.37. The highest BCUT2D eigenvalue weighted by molar-refractivity contribution is 7.98. The third kappa shape index (κ3) is 3.19. The lowest BCUT2D eigenvalue weighted by Gasteiger charge is -2.27. The molecule has 0 aromatic heterocycles. The second-order valence-corrected chi connectivity index (χ2v) is 5.60. The molecule has 18 heavy (non-hydrogen) atoms. The SMILES string of the molecule is CSc1ccc(C)c(O)c1CCN1CCNCC1. The van der Waals surface area contributed by atoms with Crippen molar-refractivity contribution in [3.05, 3.63) is 23.3 Å². The Labute approximate surface area is 114 Å². The molecule has 0 bridgehead atoms. The molecule has 1 aliphatic rings. The molecule has 1 aliphatic heterocycles. The largest absolute Gasteiger partial charge is 0.507 e. The van der Waals surface area contributed by atoms with Gasteiger partial charge in [-0.05, 0) is 31.2 Å². The van der Waals surface area contributed by atoms with E-state index < -0.39 is 0 Å². The van der Waals surface area contributed by atoms with Crippen LogP contribution < -0.4 is 5.32 Å². The van der Waals surface area contributed by atoms with Gasteiger partial charge in [-0.2, -0.15) is 0 Å². The summed E-state index contributed by atoms with van der Waals surface area (Å²) in [6.07, 6.45) is 3.00. The zero-order valence-corrected chi connectivity index (χ0v) is 12.0. The van der Waals surface area contributed by atoms with E-state index in [4.69, 9.17) is 0 Å². The quantitative estimate of drug-likeness (QED) is 0.816. The highest BCUT2D eigenvalue weighted by Gasteiger charge is 2.13. The zero-order valence-electron chi connectivity index (χ0n) is 11.2. The van der Waals surface area contributed by atoms with E-state index in [1.54, 1.807) is 11.8 Å². The van der Waals surface area contributed by atoms with Gasteiger partial charge >= 0.3 is 0 Å². The van der Waals surface area contributed by atoms with Crippen LogP contribution in [0.1, 0.15) is 11.1 Å². The van der Waals surface area contributed by atoms with Gasteiger partial charge in [-0.15, -0.1) is 11.8 Å². The Morgan fingerprint density at radius 2 is 2.06 bits per heavy atom. The van der Waals surface area contributed by atoms with Crippen molar-refractivity contribution in [2.45, 2.75) is 18.2 Å². The number of nitrogens with one attached hydrogen (secondary N) is 1. The van der Waals surface area contributed by atoms with E-state index in [0.717, 1.165) is 50.3 Å². The van der Waals surface area contributed by atoms with E-state index in [2.05, 4.69) is 22.5 Å². The summed E-state index contributed by atoms with van der Waals surface area (Å²) < 4.78 is 0. The monoisotopic (exact) mass is 266 g/mol. The number of nitrogens with zero attached hydrogens (tertiary/aromatic N) is 1. The van der Waals surface area contributed by atoms with Crippen LogP contribution in [0.4, 0.5) is 0 Å². The highest BCUT2D eigenvalue weighted by atomic mass is 32.2. The minimum absolute atomic E-state index is 0.483. The lowest BCUT2D eigenvalue weighted by Crippen LogP contribution is -2.44. The van der Waals surface area contributed by atoms with Crippen molar-refractivity contribution < 1.29 is 5.11 Å². The maximum Gasteiger partial charge on any atom is 0.122 e. The molecule has 0 atom stereocenters. The Morgan fingerprint density at radius 1 is 1.33 bits per heavy atom. The van der Waals surface area contributed by atoms with Crippen LogP contribution in [0.3, 0.4) is 0 Å². The van der Waals surface area contributed by atoms with Crippen LogP contribution in [-0.4, -0.2) is 49.0 Å². The van der Waals surface area contributed by atoms with Gasteiger partial charge in [-0.3, -0.25) is 0 Å². The topological polar surface area (TPSA) is 35.5 Å². The van der Waals surface area contributed by atoms with Gasteiger partial charge < -0.3 is 15.3 Å². The normalized spacial score (nSPS) is 17.0. The third-order valence-electron chi connectivity index (χ3n) is 3.55. The second-order valence-electron chi connectivity index (χ2n) is 4.75. The van der Waals surface area contributed by atoms with Gasteiger partial charge in [0.25, 0.3) is 0 Å². The Bertz CT molecular complexity index is 403. The van der Waals surface area contributed by atoms with Gasteiger partial charge in [0.15, 0.2) is 0 Å². The van der Waals surface area contributed by atoms with Gasteiger partial charge in [-0.1, -0.05) is 6.07 Å². The Balaban J connectivity index is 2.05. The number of hydrogen-bond donors (Lipinski definition) is 2. The number of hydrogen-bond acceptors (Lipinski definition) is 4. The van der Waals surface area contributed by atoms with Gasteiger partial charge in [0.05, 0.1) is 0 Å². The van der Waals surface area contributed by atoms with E-state index in [1.807, 2.05) is 13.0 Å². The molecule has 1 fully saturated rings. The van der Waals surface area contributed by atoms with Crippen LogP contribution in [0.5, 0.6) is 5.75 Å². The van der Waals surface area contributed by atoms with Crippen molar-refractivity contribution in [2.24, 2.45) is 0 Å². The summed E-state index contributed by atoms with van der Waals surface area (Å²) in [6.45, 7) is 7.38. The highest BCUT2D eigenvalue weighted by Crippen LogP contribution is 2.31. The minimum Gasteiger partial charge on any atom is -0.507 e. The molecule has 0 aliphatic carbocycles. The summed E-state index contributed by atoms with van der Waals surface area (Å²) in [5, 5.41) is 13.6. The van der Waals surface area contributed by atoms with E-state index in [9.17, 15) is 5.11 Å². The van der Waals surface area contributed by atoms with Gasteiger partial charge in [0.2, 0.25) is 0 Å². The molecule has 2 N–H and O–H groups in total. The van der Waals surface area contributed by atoms with Crippen molar-refractivity contribution in [1.82, 2.24) is 10.2 Å². The first-order chi connectivity index (χ1) is 8.72. The number of thioether (sulfide) groups is 1. The molecular weight excluding hydrogens is 244 g/mol. The smallest absolute Gasteiger partial charge is 0.122 e. The van der Waals surface area contributed by atoms with E-state index in [0.29, 0.717) is 5.75 Å². The zero-order chi connectivity index (χ0) is 13.0. The summed E-state index contributed by atoms with van der Waals surface area (Å²) in [6, 6.07) is 4.11. The van der Waals surface area contributed by atoms with Gasteiger partial charge in [-0.25, -0.2) is 0 Å². The number of aromatic hydroxyl groups is 1. The van der Waals surface area contributed by atoms with Crippen molar-refractivity contribution in [1.29, 1.82) is 0 Å². The first kappa shape index (κ1) is 13.7. The average molecular weight is 266 g/mol. The van der Waals surface area contributed by atoms with E-state index in [-0.39, 0.29) is 0 Å². The van der Waals surface area contributed by atoms with Crippen LogP contribution >= 0.6 is 11.8 Å². The molecule has 4 heteroatoms. The summed E-state index contributed by atoms with van der Waals surface area (Å²) in [4.78, 5) is 3.66. The van der Waals surface area contributed by atoms with Crippen molar-refractivity contribution in [3.63, 3.8) is 0 Å². The molecule has 1 heterocycles. The summed E-state index contributed by atoms with van der Waals surface area (Å²) >= 11 is 1.71. The lowest BCUT2D eigenvalue weighted by atomic mass is 10.1. The molecule has 3 nitrogen and oxygen atoms in total. The predicted octanol–water partition coefficient (Wildman–Crippen LogP) is 1.87. The molecule has 1 aromatic carbocycles. The van der Waals surface area contributed by atoms with Crippen LogP contribution in [-0.2, 0) is 6.42 Å². The second kappa shape index (κ2) is 6.45. The number of aryl methyl sites for hydroxylation is 1. The predicted molar refractivity (Wildman–Crippen MR) is 77.6 cm³/mol. The van der Waals surface area contributed by atoms with Gasteiger partial charge in [0, 0.05) is 43.2 Å². The lowest BCUT2D eigenvalue weighted by molar-refractivity contribution is 0.242. The van der Waals surface area contributed by atoms with E-state index in [1.165, 1.54) is 4.90 Å². The van der Waals surface area contributed by atoms with Crippen LogP contribution in [0.2, 0.25) is 0 Å². The molecular formula is C14H22N2OS. The van der Waals surface area contributed by atoms with Crippen molar-refractivity contribution in [2.75, 3.05) is 39.0 Å². The number of piperazine rings is 1. The molecule has 1 saturated heterocycles. The number of benzene rings is 1. The minimum atomic E-state index is 0.483. The van der Waals surface area contributed by atoms with Crippen molar-refractivity contribution >= 4 is 11.8 Å². The molecule has 100 valence electrons. The maximum absolute atomic E-state index is 10.2. The van der Waals surface area contributed by atoms with Gasteiger partial charge in [0.1, 0.15) is 5.75 Å². The molecule has 2 rings (SSSR count). The van der Waals surface area contributed by atoms with Crippen LogP contribution in [0.25, 0.3) is 0 Å². The summed E-state index contributed by atoms with van der Waals surface area (Å²) in [5.41, 5.74) is 2.09. The number of rotatable bonds is 4. The Hall–Kier alpha value is -0.710. The van der Waals surface area contributed by atoms with Crippen molar-refractivity contribution in [3.8, 4) is 5.75 Å². The number of phenols is 1. The molecule has 0 saturated carbocycles. The molecule has 0 unspecified atom stereocenters. The summed E-state index contributed by atoms with van der Waals surface area (Å²) in [7, 11) is 0. The fourth-order valence-electron chi connectivity index (χ4n) is 2.37. The molecule has 0 spiro atoms. The molecule has 1 aromatic rings. The Kier molecular flexibility index (Phi) is 4.92.